The lowest BCUT2D eigenvalue weighted by atomic mass is 10.2. The van der Waals surface area contributed by atoms with Crippen molar-refractivity contribution in [3.05, 3.63) is 81.2 Å². The molecule has 0 bridgehead atoms. The summed E-state index contributed by atoms with van der Waals surface area (Å²) in [5.74, 6) is -0.257. The maximum Gasteiger partial charge on any atom is 0.341 e. The molecule has 0 unspecified atom stereocenters. The lowest BCUT2D eigenvalue weighted by molar-refractivity contribution is 0.0598. The first-order valence-electron chi connectivity index (χ1n) is 9.14. The number of aryl methyl sites for hydroxylation is 1. The highest BCUT2D eigenvalue weighted by Crippen LogP contribution is 2.26. The number of methoxy groups -OCH3 is 1. The third-order valence-corrected chi connectivity index (χ3v) is 6.49. The summed E-state index contributed by atoms with van der Waals surface area (Å²) in [6.07, 6.45) is 0. The number of hydrogen-bond donors (Lipinski definition) is 2. The molecular weight excluding hydrogens is 479 g/mol. The van der Waals surface area contributed by atoms with Gasteiger partial charge in [-0.05, 0) is 49.4 Å². The largest absolute Gasteiger partial charge is 0.465 e. The summed E-state index contributed by atoms with van der Waals surface area (Å²) >= 11 is 11.7. The maximum atomic E-state index is 12.6. The van der Waals surface area contributed by atoms with E-state index in [9.17, 15) is 18.0 Å². The molecule has 0 saturated heterocycles. The molecule has 3 rings (SSSR count). The number of rotatable bonds is 7. The van der Waals surface area contributed by atoms with Gasteiger partial charge in [0.1, 0.15) is 17.1 Å². The van der Waals surface area contributed by atoms with Gasteiger partial charge in [-0.25, -0.2) is 13.2 Å². The van der Waals surface area contributed by atoms with E-state index in [2.05, 4.69) is 14.8 Å². The fraction of sp³-hybridized carbons (Fsp3) is 0.143. The Hall–Kier alpha value is -3.01. The summed E-state index contributed by atoms with van der Waals surface area (Å²) in [7, 11) is -2.68. The van der Waals surface area contributed by atoms with Crippen molar-refractivity contribution in [1.29, 1.82) is 0 Å². The van der Waals surface area contributed by atoms with E-state index < -0.39 is 21.9 Å². The molecule has 0 aliphatic rings. The Morgan fingerprint density at radius 1 is 1.06 bits per heavy atom. The SMILES string of the molecule is COC(=O)c1cc(CNC(=O)c2cccc(NS(=O)(=O)c3ccc(Cl)c(Cl)c3)c2)oc1C. The Kier molecular flexibility index (Phi) is 7.12. The number of furan rings is 1. The van der Waals surface area contributed by atoms with Crippen molar-refractivity contribution in [3.8, 4) is 0 Å². The summed E-state index contributed by atoms with van der Waals surface area (Å²) in [6.45, 7) is 1.64. The average molecular weight is 497 g/mol. The smallest absolute Gasteiger partial charge is 0.341 e. The molecule has 0 spiro atoms. The van der Waals surface area contributed by atoms with Crippen LogP contribution in [0.1, 0.15) is 32.2 Å². The third kappa shape index (κ3) is 5.42. The summed E-state index contributed by atoms with van der Waals surface area (Å²) in [6, 6.07) is 11.4. The zero-order chi connectivity index (χ0) is 23.5. The standard InChI is InChI=1S/C21H18Cl2N2O6S/c1-12-17(21(27)30-2)9-15(31-12)11-24-20(26)13-4-3-5-14(8-13)25-32(28,29)16-6-7-18(22)19(23)10-16/h3-10,25H,11H2,1-2H3,(H,24,26). The molecule has 0 fully saturated rings. The van der Waals surface area contributed by atoms with Gasteiger partial charge in [0.25, 0.3) is 15.9 Å². The van der Waals surface area contributed by atoms with Crippen LogP contribution in [0.2, 0.25) is 10.0 Å². The number of nitrogens with one attached hydrogen (secondary N) is 2. The third-order valence-electron chi connectivity index (χ3n) is 4.38. The van der Waals surface area contributed by atoms with Gasteiger partial charge in [-0.2, -0.15) is 0 Å². The van der Waals surface area contributed by atoms with E-state index in [0.717, 1.165) is 0 Å². The summed E-state index contributed by atoms with van der Waals surface area (Å²) in [4.78, 5) is 24.1. The number of anilines is 1. The second-order valence-electron chi connectivity index (χ2n) is 6.62. The predicted molar refractivity (Wildman–Crippen MR) is 120 cm³/mol. The Bertz CT molecular complexity index is 1290. The fourth-order valence-corrected chi connectivity index (χ4v) is 4.23. The van der Waals surface area contributed by atoms with Gasteiger partial charge in [0.2, 0.25) is 0 Å². The van der Waals surface area contributed by atoms with Gasteiger partial charge in [-0.15, -0.1) is 0 Å². The first-order valence-corrected chi connectivity index (χ1v) is 11.4. The van der Waals surface area contributed by atoms with Crippen LogP contribution >= 0.6 is 23.2 Å². The number of carbonyl (C=O) groups excluding carboxylic acids is 2. The second kappa shape index (κ2) is 9.64. The molecule has 1 amide bonds. The van der Waals surface area contributed by atoms with E-state index in [1.54, 1.807) is 6.92 Å². The molecule has 0 atom stereocenters. The Morgan fingerprint density at radius 3 is 2.50 bits per heavy atom. The van der Waals surface area contributed by atoms with E-state index in [1.165, 1.54) is 55.6 Å². The molecule has 168 valence electrons. The molecule has 0 saturated carbocycles. The molecule has 0 aliphatic carbocycles. The quantitative estimate of drug-likeness (QED) is 0.468. The van der Waals surface area contributed by atoms with Gasteiger partial charge in [-0.3, -0.25) is 9.52 Å². The van der Waals surface area contributed by atoms with Crippen molar-refractivity contribution in [2.24, 2.45) is 0 Å². The van der Waals surface area contributed by atoms with Gasteiger partial charge in [-0.1, -0.05) is 29.3 Å². The first kappa shape index (κ1) is 23.6. The highest BCUT2D eigenvalue weighted by molar-refractivity contribution is 7.92. The van der Waals surface area contributed by atoms with Gasteiger partial charge in [0, 0.05) is 11.3 Å². The number of benzene rings is 2. The molecule has 0 aliphatic heterocycles. The van der Waals surface area contributed by atoms with Crippen molar-refractivity contribution < 1.29 is 27.2 Å². The first-order chi connectivity index (χ1) is 15.1. The normalized spacial score (nSPS) is 11.1. The van der Waals surface area contributed by atoms with Crippen molar-refractivity contribution in [2.75, 3.05) is 11.8 Å². The highest BCUT2D eigenvalue weighted by atomic mass is 35.5. The highest BCUT2D eigenvalue weighted by Gasteiger charge is 2.18. The van der Waals surface area contributed by atoms with Crippen LogP contribution in [-0.2, 0) is 21.3 Å². The number of esters is 1. The molecule has 3 aromatic rings. The molecule has 2 N–H and O–H groups in total. The van der Waals surface area contributed by atoms with Crippen molar-refractivity contribution in [2.45, 2.75) is 18.4 Å². The number of hydrogen-bond acceptors (Lipinski definition) is 6. The van der Waals surface area contributed by atoms with Crippen LogP contribution in [0.3, 0.4) is 0 Å². The van der Waals surface area contributed by atoms with Crippen LogP contribution in [0, 0.1) is 6.92 Å². The average Bonchev–Trinajstić information content (AvgIpc) is 3.13. The van der Waals surface area contributed by atoms with Crippen molar-refractivity contribution in [1.82, 2.24) is 5.32 Å². The molecule has 32 heavy (non-hydrogen) atoms. The molecule has 0 radical (unpaired) electrons. The van der Waals surface area contributed by atoms with Gasteiger partial charge < -0.3 is 14.5 Å². The monoisotopic (exact) mass is 496 g/mol. The van der Waals surface area contributed by atoms with Crippen LogP contribution in [0.15, 0.2) is 57.8 Å². The lowest BCUT2D eigenvalue weighted by Crippen LogP contribution is -2.22. The predicted octanol–water partition coefficient (Wildman–Crippen LogP) is 4.41. The van der Waals surface area contributed by atoms with Crippen molar-refractivity contribution in [3.63, 3.8) is 0 Å². The van der Waals surface area contributed by atoms with Crippen LogP contribution in [0.4, 0.5) is 5.69 Å². The van der Waals surface area contributed by atoms with E-state index in [1.807, 2.05) is 0 Å². The number of sulfonamides is 1. The zero-order valence-corrected chi connectivity index (χ0v) is 19.3. The minimum atomic E-state index is -3.95. The maximum absolute atomic E-state index is 12.6. The van der Waals surface area contributed by atoms with Gasteiger partial charge in [0.15, 0.2) is 0 Å². The van der Waals surface area contributed by atoms with Gasteiger partial charge in [0.05, 0.1) is 28.6 Å². The number of carbonyl (C=O) groups is 2. The Balaban J connectivity index is 1.71. The molecule has 1 heterocycles. The van der Waals surface area contributed by atoms with E-state index >= 15 is 0 Å². The summed E-state index contributed by atoms with van der Waals surface area (Å²) < 4.78 is 37.7. The Labute approximate surface area is 194 Å². The molecular formula is C21H18Cl2N2O6S. The minimum absolute atomic E-state index is 0.0237. The minimum Gasteiger partial charge on any atom is -0.465 e. The van der Waals surface area contributed by atoms with E-state index in [4.69, 9.17) is 27.6 Å². The topological polar surface area (TPSA) is 115 Å². The van der Waals surface area contributed by atoms with Gasteiger partial charge >= 0.3 is 5.97 Å². The fourth-order valence-electron chi connectivity index (χ4n) is 2.79. The zero-order valence-electron chi connectivity index (χ0n) is 16.9. The molecule has 11 heteroatoms. The van der Waals surface area contributed by atoms with Crippen LogP contribution < -0.4 is 10.0 Å². The summed E-state index contributed by atoms with van der Waals surface area (Å²) in [5, 5.41) is 2.99. The van der Waals surface area contributed by atoms with E-state index in [0.29, 0.717) is 11.5 Å². The molecule has 2 aromatic carbocycles. The van der Waals surface area contributed by atoms with E-state index in [-0.39, 0.29) is 38.3 Å². The van der Waals surface area contributed by atoms with Crippen molar-refractivity contribution >= 4 is 50.8 Å². The number of halogens is 2. The lowest BCUT2D eigenvalue weighted by Gasteiger charge is -2.10. The number of ether oxygens (including phenoxy) is 1. The Morgan fingerprint density at radius 2 is 1.81 bits per heavy atom. The van der Waals surface area contributed by atoms with Crippen LogP contribution in [-0.4, -0.2) is 27.4 Å². The molecule has 1 aromatic heterocycles. The van der Waals surface area contributed by atoms with Crippen LogP contribution in [0.25, 0.3) is 0 Å². The second-order valence-corrected chi connectivity index (χ2v) is 9.12. The number of amides is 1. The van der Waals surface area contributed by atoms with Crippen LogP contribution in [0.5, 0.6) is 0 Å². The summed E-state index contributed by atoms with van der Waals surface area (Å²) in [5.41, 5.74) is 0.678. The molecule has 8 nitrogen and oxygen atoms in total.